The van der Waals surface area contributed by atoms with Crippen molar-refractivity contribution in [3.63, 3.8) is 0 Å². The lowest BCUT2D eigenvalue weighted by molar-refractivity contribution is 1.07. The van der Waals surface area contributed by atoms with E-state index in [9.17, 15) is 0 Å². The van der Waals surface area contributed by atoms with Crippen LogP contribution in [0.2, 0.25) is 0 Å². The van der Waals surface area contributed by atoms with Gasteiger partial charge in [0.25, 0.3) is 0 Å². The molecule has 0 saturated carbocycles. The van der Waals surface area contributed by atoms with Crippen LogP contribution in [0.3, 0.4) is 0 Å². The number of aromatic amines is 1. The van der Waals surface area contributed by atoms with Gasteiger partial charge in [-0.2, -0.15) is 16.7 Å². The van der Waals surface area contributed by atoms with Crippen LogP contribution in [0.25, 0.3) is 11.4 Å². The van der Waals surface area contributed by atoms with Gasteiger partial charge >= 0.3 is 0 Å². The average Bonchev–Trinajstić information content (AvgIpc) is 2.79. The fourth-order valence-electron chi connectivity index (χ4n) is 1.24. The number of aromatic nitrogens is 4. The zero-order valence-corrected chi connectivity index (χ0v) is 9.79. The van der Waals surface area contributed by atoms with E-state index in [1.165, 1.54) is 0 Å². The summed E-state index contributed by atoms with van der Waals surface area (Å²) in [5.41, 5.74) is 0.986. The standard InChI is InChI=1S/C10H13N5S/c1-16-7-6-12-10-13-9(14-15-10)8-2-4-11-5-3-8/h2-5H,6-7H2,1H3,(H2,12,13,14,15). The number of thioether (sulfide) groups is 1. The number of hydrogen-bond donors (Lipinski definition) is 2. The molecule has 2 heterocycles. The summed E-state index contributed by atoms with van der Waals surface area (Å²) in [5.74, 6) is 2.44. The highest BCUT2D eigenvalue weighted by atomic mass is 32.2. The van der Waals surface area contributed by atoms with E-state index in [4.69, 9.17) is 0 Å². The third-order valence-corrected chi connectivity index (χ3v) is 2.64. The van der Waals surface area contributed by atoms with Gasteiger partial charge in [0.15, 0.2) is 5.82 Å². The van der Waals surface area contributed by atoms with E-state index in [-0.39, 0.29) is 0 Å². The van der Waals surface area contributed by atoms with Crippen molar-refractivity contribution in [3.8, 4) is 11.4 Å². The van der Waals surface area contributed by atoms with Crippen LogP contribution in [-0.2, 0) is 0 Å². The molecule has 0 radical (unpaired) electrons. The van der Waals surface area contributed by atoms with Gasteiger partial charge in [-0.15, -0.1) is 5.10 Å². The number of pyridine rings is 1. The monoisotopic (exact) mass is 235 g/mol. The number of H-pyrrole nitrogens is 1. The second-order valence-corrected chi connectivity index (χ2v) is 4.15. The first kappa shape index (κ1) is 10.9. The van der Waals surface area contributed by atoms with Crippen molar-refractivity contribution in [1.29, 1.82) is 0 Å². The summed E-state index contributed by atoms with van der Waals surface area (Å²) >= 11 is 1.79. The number of nitrogens with one attached hydrogen (secondary N) is 2. The lowest BCUT2D eigenvalue weighted by Crippen LogP contribution is -2.04. The van der Waals surface area contributed by atoms with Crippen LogP contribution in [0.1, 0.15) is 0 Å². The van der Waals surface area contributed by atoms with E-state index in [2.05, 4.69) is 31.7 Å². The Morgan fingerprint density at radius 1 is 1.38 bits per heavy atom. The summed E-state index contributed by atoms with van der Waals surface area (Å²) < 4.78 is 0. The zero-order chi connectivity index (χ0) is 11.2. The average molecular weight is 235 g/mol. The molecular weight excluding hydrogens is 222 g/mol. The Morgan fingerprint density at radius 2 is 2.19 bits per heavy atom. The van der Waals surface area contributed by atoms with Gasteiger partial charge in [0.2, 0.25) is 5.95 Å². The minimum Gasteiger partial charge on any atom is -0.352 e. The highest BCUT2D eigenvalue weighted by Crippen LogP contribution is 2.13. The van der Waals surface area contributed by atoms with Crippen LogP contribution >= 0.6 is 11.8 Å². The minimum absolute atomic E-state index is 0.640. The Kier molecular flexibility index (Phi) is 3.76. The van der Waals surface area contributed by atoms with Crippen LogP contribution in [0.15, 0.2) is 24.5 Å². The molecule has 0 amide bonds. The molecule has 2 aromatic rings. The first-order valence-electron chi connectivity index (χ1n) is 4.96. The zero-order valence-electron chi connectivity index (χ0n) is 8.97. The van der Waals surface area contributed by atoms with E-state index in [0.717, 1.165) is 23.7 Å². The topological polar surface area (TPSA) is 66.5 Å². The van der Waals surface area contributed by atoms with Crippen LogP contribution in [0.5, 0.6) is 0 Å². The van der Waals surface area contributed by atoms with E-state index in [1.54, 1.807) is 24.2 Å². The second kappa shape index (κ2) is 5.50. The smallest absolute Gasteiger partial charge is 0.242 e. The highest BCUT2D eigenvalue weighted by Gasteiger charge is 2.03. The second-order valence-electron chi connectivity index (χ2n) is 3.16. The molecule has 5 nitrogen and oxygen atoms in total. The Morgan fingerprint density at radius 3 is 2.94 bits per heavy atom. The molecule has 16 heavy (non-hydrogen) atoms. The predicted molar refractivity (Wildman–Crippen MR) is 66.5 cm³/mol. The number of rotatable bonds is 5. The molecule has 0 atom stereocenters. The van der Waals surface area contributed by atoms with Gasteiger partial charge in [-0.05, 0) is 18.4 Å². The summed E-state index contributed by atoms with van der Waals surface area (Å²) in [5, 5.41) is 10.1. The minimum atomic E-state index is 0.640. The van der Waals surface area contributed by atoms with Crippen LogP contribution in [0, 0.1) is 0 Å². The van der Waals surface area contributed by atoms with Crippen molar-refractivity contribution < 1.29 is 0 Å². The van der Waals surface area contributed by atoms with Gasteiger partial charge in [0, 0.05) is 30.3 Å². The highest BCUT2D eigenvalue weighted by molar-refractivity contribution is 7.98. The van der Waals surface area contributed by atoms with E-state index < -0.39 is 0 Å². The SMILES string of the molecule is CSCCNc1n[nH]c(-c2ccncc2)n1. The number of anilines is 1. The summed E-state index contributed by atoms with van der Waals surface area (Å²) in [4.78, 5) is 8.30. The van der Waals surface area contributed by atoms with Gasteiger partial charge in [-0.25, -0.2) is 0 Å². The molecule has 2 aromatic heterocycles. The maximum atomic E-state index is 4.34. The van der Waals surface area contributed by atoms with Gasteiger partial charge in [-0.1, -0.05) is 0 Å². The first-order valence-corrected chi connectivity index (χ1v) is 6.35. The maximum absolute atomic E-state index is 4.34. The van der Waals surface area contributed by atoms with Crippen molar-refractivity contribution in [1.82, 2.24) is 20.2 Å². The van der Waals surface area contributed by atoms with Crippen molar-refractivity contribution in [3.05, 3.63) is 24.5 Å². The Bertz CT molecular complexity index is 428. The van der Waals surface area contributed by atoms with E-state index >= 15 is 0 Å². The molecule has 0 aliphatic rings. The van der Waals surface area contributed by atoms with Crippen molar-refractivity contribution in [2.24, 2.45) is 0 Å². The quantitative estimate of drug-likeness (QED) is 0.771. The molecule has 0 spiro atoms. The van der Waals surface area contributed by atoms with Crippen molar-refractivity contribution >= 4 is 17.7 Å². The van der Waals surface area contributed by atoms with Gasteiger partial charge in [0.1, 0.15) is 0 Å². The lowest BCUT2D eigenvalue weighted by Gasteiger charge is -1.97. The maximum Gasteiger partial charge on any atom is 0.242 e. The fraction of sp³-hybridized carbons (Fsp3) is 0.300. The van der Waals surface area contributed by atoms with Crippen LogP contribution in [0.4, 0.5) is 5.95 Å². The lowest BCUT2D eigenvalue weighted by atomic mass is 10.3. The van der Waals surface area contributed by atoms with Crippen molar-refractivity contribution in [2.75, 3.05) is 23.9 Å². The molecule has 2 N–H and O–H groups in total. The van der Waals surface area contributed by atoms with E-state index in [0.29, 0.717) is 5.95 Å². The molecular formula is C10H13N5S. The molecule has 0 aromatic carbocycles. The molecule has 0 saturated heterocycles. The van der Waals surface area contributed by atoms with Gasteiger partial charge in [-0.3, -0.25) is 10.1 Å². The Labute approximate surface area is 98.1 Å². The molecule has 0 bridgehead atoms. The molecule has 6 heteroatoms. The fourth-order valence-corrected chi connectivity index (χ4v) is 1.55. The Balaban J connectivity index is 2.02. The summed E-state index contributed by atoms with van der Waals surface area (Å²) in [6.45, 7) is 0.870. The molecule has 0 unspecified atom stereocenters. The molecule has 2 rings (SSSR count). The van der Waals surface area contributed by atoms with Gasteiger partial charge < -0.3 is 5.32 Å². The summed E-state index contributed by atoms with van der Waals surface area (Å²) in [7, 11) is 0. The van der Waals surface area contributed by atoms with Crippen LogP contribution in [-0.4, -0.2) is 38.7 Å². The third-order valence-electron chi connectivity index (χ3n) is 2.03. The predicted octanol–water partition coefficient (Wildman–Crippen LogP) is 1.64. The summed E-state index contributed by atoms with van der Waals surface area (Å²) in [6, 6.07) is 3.79. The molecule has 0 aliphatic heterocycles. The first-order chi connectivity index (χ1) is 7.90. The summed E-state index contributed by atoms with van der Waals surface area (Å²) in [6.07, 6.45) is 5.54. The van der Waals surface area contributed by atoms with Crippen molar-refractivity contribution in [2.45, 2.75) is 0 Å². The largest absolute Gasteiger partial charge is 0.352 e. The molecule has 84 valence electrons. The third kappa shape index (κ3) is 2.73. The molecule has 0 aliphatic carbocycles. The Hall–Kier alpha value is -1.56. The number of nitrogens with zero attached hydrogens (tertiary/aromatic N) is 3. The van der Waals surface area contributed by atoms with Gasteiger partial charge in [0.05, 0.1) is 0 Å². The number of hydrogen-bond acceptors (Lipinski definition) is 5. The van der Waals surface area contributed by atoms with Crippen LogP contribution < -0.4 is 5.32 Å². The normalized spacial score (nSPS) is 10.3. The molecule has 0 fully saturated rings. The van der Waals surface area contributed by atoms with E-state index in [1.807, 2.05) is 12.1 Å².